The standard InChI is InChI=1S/C29H33N5O9.C2HF3O2/c1-15-12-23-20(27(39)31-16(2)30-23)13-18(15)14-34(3)19-6-4-17(5-7-19)26(38)33-22(29(42)43)8-10-24(35)32-21(28(40)41)9-11-25(36)37;3-2(4,5)1(6)7/h4-7,12-13,21-22H,8-11,14H2,1-3H3,(H,32,35)(H,33,38)(H,36,37)(H,40,41)(H,42,43)(H,30,31,39);(H,6,7)/t21-,22+;/m1./s1. The van der Waals surface area contributed by atoms with E-state index < -0.39 is 66.8 Å². The SMILES string of the molecule is Cc1nc2cc(C)c(CN(C)c3ccc(C(=O)N[C@@H](CCC(=O)N[C@H](CCC(=O)O)C(=O)O)C(=O)O)cc3)cc2c(=O)[nH]1.O=C(O)C(F)(F)F. The van der Waals surface area contributed by atoms with Crippen molar-refractivity contribution < 1.29 is 62.4 Å². The molecule has 16 nitrogen and oxygen atoms in total. The van der Waals surface area contributed by atoms with Gasteiger partial charge in [-0.1, -0.05) is 0 Å². The number of nitrogens with zero attached hydrogens (tertiary/aromatic N) is 2. The second-order valence-electron chi connectivity index (χ2n) is 10.9. The van der Waals surface area contributed by atoms with Gasteiger partial charge in [0.2, 0.25) is 5.91 Å². The molecule has 2 amide bonds. The van der Waals surface area contributed by atoms with Crippen LogP contribution in [0.5, 0.6) is 0 Å². The van der Waals surface area contributed by atoms with Crippen LogP contribution in [0.4, 0.5) is 18.9 Å². The van der Waals surface area contributed by atoms with Crippen molar-refractivity contribution in [3.05, 3.63) is 69.3 Å². The number of carboxylic acid groups (broad SMARTS) is 4. The zero-order valence-electron chi connectivity index (χ0n) is 26.8. The van der Waals surface area contributed by atoms with Gasteiger partial charge in [-0.15, -0.1) is 0 Å². The number of carbonyl (C=O) groups is 6. The van der Waals surface area contributed by atoms with E-state index in [9.17, 15) is 47.0 Å². The number of rotatable bonds is 14. The molecule has 1 aromatic heterocycles. The molecule has 0 aliphatic carbocycles. The van der Waals surface area contributed by atoms with Gasteiger partial charge in [-0.25, -0.2) is 19.4 Å². The smallest absolute Gasteiger partial charge is 0.481 e. The molecule has 1 heterocycles. The van der Waals surface area contributed by atoms with Crippen LogP contribution in [0.15, 0.2) is 41.2 Å². The van der Waals surface area contributed by atoms with E-state index in [1.165, 1.54) is 12.1 Å². The number of benzene rings is 2. The number of aliphatic carboxylic acids is 4. The zero-order chi connectivity index (χ0) is 37.9. The van der Waals surface area contributed by atoms with Crippen LogP contribution in [0.2, 0.25) is 0 Å². The molecule has 0 unspecified atom stereocenters. The lowest BCUT2D eigenvalue weighted by molar-refractivity contribution is -0.192. The summed E-state index contributed by atoms with van der Waals surface area (Å²) >= 11 is 0. The van der Waals surface area contributed by atoms with E-state index in [0.29, 0.717) is 23.3 Å². The van der Waals surface area contributed by atoms with Crippen LogP contribution in [-0.2, 0) is 30.5 Å². The number of amides is 2. The van der Waals surface area contributed by atoms with E-state index in [4.69, 9.17) is 20.1 Å². The molecular formula is C31H34F3N5O11. The fourth-order valence-corrected chi connectivity index (χ4v) is 4.40. The number of halogens is 3. The average Bonchev–Trinajstić information content (AvgIpc) is 3.01. The number of hydrogen-bond donors (Lipinski definition) is 7. The van der Waals surface area contributed by atoms with Gasteiger partial charge in [0.05, 0.1) is 10.9 Å². The van der Waals surface area contributed by atoms with Gasteiger partial charge in [-0.3, -0.25) is 19.2 Å². The van der Waals surface area contributed by atoms with Crippen LogP contribution >= 0.6 is 0 Å². The van der Waals surface area contributed by atoms with Crippen molar-refractivity contribution in [3.8, 4) is 0 Å². The van der Waals surface area contributed by atoms with E-state index in [-0.39, 0.29) is 24.0 Å². The molecule has 0 spiro atoms. The Kier molecular flexibility index (Phi) is 14.0. The molecule has 50 heavy (non-hydrogen) atoms. The number of carboxylic acids is 4. The molecule has 0 fully saturated rings. The molecule has 7 N–H and O–H groups in total. The second-order valence-corrected chi connectivity index (χ2v) is 10.9. The fraction of sp³-hybridized carbons (Fsp3) is 0.355. The lowest BCUT2D eigenvalue weighted by atomic mass is 10.0. The number of H-pyrrole nitrogens is 1. The van der Waals surface area contributed by atoms with Crippen molar-refractivity contribution in [2.75, 3.05) is 11.9 Å². The van der Waals surface area contributed by atoms with E-state index in [2.05, 4.69) is 20.6 Å². The molecule has 2 atom stereocenters. The predicted octanol–water partition coefficient (Wildman–Crippen LogP) is 2.21. The quantitative estimate of drug-likeness (QED) is 0.127. The first-order valence-corrected chi connectivity index (χ1v) is 14.6. The van der Waals surface area contributed by atoms with E-state index in [0.717, 1.165) is 16.8 Å². The lowest BCUT2D eigenvalue weighted by Crippen LogP contribution is -2.44. The Morgan fingerprint density at radius 2 is 1.42 bits per heavy atom. The Morgan fingerprint density at radius 3 is 1.94 bits per heavy atom. The van der Waals surface area contributed by atoms with Crippen molar-refractivity contribution in [1.29, 1.82) is 0 Å². The highest BCUT2D eigenvalue weighted by Crippen LogP contribution is 2.21. The summed E-state index contributed by atoms with van der Waals surface area (Å²) in [6.45, 7) is 4.11. The Bertz CT molecular complexity index is 1810. The van der Waals surface area contributed by atoms with Crippen LogP contribution in [-0.4, -0.2) is 91.4 Å². The first-order chi connectivity index (χ1) is 23.2. The van der Waals surface area contributed by atoms with Crippen LogP contribution < -0.4 is 21.1 Å². The maximum absolute atomic E-state index is 12.8. The molecule has 0 aliphatic heterocycles. The number of aromatic nitrogens is 2. The topological polar surface area (TPSA) is 256 Å². The van der Waals surface area contributed by atoms with Gasteiger partial charge in [0.1, 0.15) is 17.9 Å². The van der Waals surface area contributed by atoms with Crippen molar-refractivity contribution >= 4 is 52.3 Å². The lowest BCUT2D eigenvalue weighted by Gasteiger charge is -2.21. The monoisotopic (exact) mass is 709 g/mol. The molecule has 0 aliphatic rings. The number of hydrogen-bond acceptors (Lipinski definition) is 9. The second kappa shape index (κ2) is 17.4. The molecule has 0 saturated carbocycles. The molecule has 0 bridgehead atoms. The molecule has 270 valence electrons. The highest BCUT2D eigenvalue weighted by atomic mass is 19.4. The minimum Gasteiger partial charge on any atom is -0.481 e. The zero-order valence-corrected chi connectivity index (χ0v) is 26.8. The molecule has 0 saturated heterocycles. The molecule has 0 radical (unpaired) electrons. The largest absolute Gasteiger partial charge is 0.490 e. The number of alkyl halides is 3. The summed E-state index contributed by atoms with van der Waals surface area (Å²) < 4.78 is 31.7. The Labute approximate surface area is 280 Å². The summed E-state index contributed by atoms with van der Waals surface area (Å²) in [6.07, 6.45) is -6.61. The van der Waals surface area contributed by atoms with Crippen molar-refractivity contribution in [2.45, 2.75) is 64.3 Å². The predicted molar refractivity (Wildman–Crippen MR) is 169 cm³/mol. The normalized spacial score (nSPS) is 12.1. The summed E-state index contributed by atoms with van der Waals surface area (Å²) in [7, 11) is 1.85. The molecule has 19 heteroatoms. The van der Waals surface area contributed by atoms with Gasteiger partial charge in [-0.2, -0.15) is 13.2 Å². The van der Waals surface area contributed by atoms with Crippen molar-refractivity contribution in [3.63, 3.8) is 0 Å². The Balaban J connectivity index is 0.00000112. The average molecular weight is 710 g/mol. The highest BCUT2D eigenvalue weighted by Gasteiger charge is 2.38. The maximum Gasteiger partial charge on any atom is 0.490 e. The van der Waals surface area contributed by atoms with Crippen LogP contribution in [0.3, 0.4) is 0 Å². The molecule has 3 rings (SSSR count). The van der Waals surface area contributed by atoms with Crippen LogP contribution in [0.25, 0.3) is 10.9 Å². The summed E-state index contributed by atoms with van der Waals surface area (Å²) in [6, 6.07) is 7.23. The number of nitrogens with one attached hydrogen (secondary N) is 3. The van der Waals surface area contributed by atoms with E-state index in [1.807, 2.05) is 24.9 Å². The molecule has 2 aromatic carbocycles. The third kappa shape index (κ3) is 12.2. The third-order valence-corrected chi connectivity index (χ3v) is 7.05. The molecular weight excluding hydrogens is 675 g/mol. The molecule has 3 aromatic rings. The van der Waals surface area contributed by atoms with E-state index in [1.54, 1.807) is 25.1 Å². The van der Waals surface area contributed by atoms with Crippen molar-refractivity contribution in [2.24, 2.45) is 0 Å². The van der Waals surface area contributed by atoms with Gasteiger partial charge in [0, 0.05) is 37.7 Å². The Hall–Kier alpha value is -6.01. The third-order valence-electron chi connectivity index (χ3n) is 7.05. The number of carbonyl (C=O) groups excluding carboxylic acids is 2. The summed E-state index contributed by atoms with van der Waals surface area (Å²) in [5.74, 6) is -7.71. The van der Waals surface area contributed by atoms with Gasteiger partial charge in [0.15, 0.2) is 0 Å². The summed E-state index contributed by atoms with van der Waals surface area (Å²) in [4.78, 5) is 88.9. The van der Waals surface area contributed by atoms with Gasteiger partial charge >= 0.3 is 30.1 Å². The number of fused-ring (bicyclic) bond motifs is 1. The first kappa shape index (κ1) is 40.2. The van der Waals surface area contributed by atoms with Crippen LogP contribution in [0, 0.1) is 13.8 Å². The number of aromatic amines is 1. The Morgan fingerprint density at radius 1 is 0.880 bits per heavy atom. The fourth-order valence-electron chi connectivity index (χ4n) is 4.40. The van der Waals surface area contributed by atoms with Gasteiger partial charge in [0.25, 0.3) is 11.5 Å². The highest BCUT2D eigenvalue weighted by molar-refractivity contribution is 5.97. The number of anilines is 1. The minimum absolute atomic E-state index is 0.183. The first-order valence-electron chi connectivity index (χ1n) is 14.6. The maximum atomic E-state index is 12.8. The minimum atomic E-state index is -5.08. The summed E-state index contributed by atoms with van der Waals surface area (Å²) in [5, 5.41) is 39.6. The van der Waals surface area contributed by atoms with Crippen molar-refractivity contribution in [1.82, 2.24) is 20.6 Å². The van der Waals surface area contributed by atoms with Gasteiger partial charge < -0.3 is 40.9 Å². The number of aryl methyl sites for hydroxylation is 2. The van der Waals surface area contributed by atoms with E-state index >= 15 is 0 Å². The summed E-state index contributed by atoms with van der Waals surface area (Å²) in [5.41, 5.74) is 3.21. The van der Waals surface area contributed by atoms with Crippen LogP contribution in [0.1, 0.15) is 53.0 Å². The van der Waals surface area contributed by atoms with Gasteiger partial charge in [-0.05, 0) is 74.2 Å².